The summed E-state index contributed by atoms with van der Waals surface area (Å²) < 4.78 is 7.91. The molecule has 0 bridgehead atoms. The molecule has 0 spiro atoms. The van der Waals surface area contributed by atoms with Crippen LogP contribution >= 0.6 is 11.8 Å². The Morgan fingerprint density at radius 1 is 1.09 bits per heavy atom. The van der Waals surface area contributed by atoms with Crippen LogP contribution in [-0.2, 0) is 40.9 Å². The molecular weight excluding hydrogens is 450 g/mol. The number of benzene rings is 1. The fourth-order valence-electron chi connectivity index (χ4n) is 3.92. The molecule has 1 aliphatic heterocycles. The first-order valence-corrected chi connectivity index (χ1v) is 12.4. The monoisotopic (exact) mass is 479 g/mol. The van der Waals surface area contributed by atoms with E-state index in [-0.39, 0.29) is 30.9 Å². The van der Waals surface area contributed by atoms with E-state index in [2.05, 4.69) is 10.1 Å². The van der Waals surface area contributed by atoms with Gasteiger partial charge in [-0.15, -0.1) is 11.8 Å². The number of carbonyl (C=O) groups excluding carboxylic acids is 2. The van der Waals surface area contributed by atoms with Crippen LogP contribution in [0.25, 0.3) is 0 Å². The maximum atomic E-state index is 13.2. The Kier molecular flexibility index (Phi) is 7.97. The van der Waals surface area contributed by atoms with Crippen LogP contribution in [0.2, 0.25) is 0 Å². The fraction of sp³-hybridized carbons (Fsp3) is 0.360. The highest BCUT2D eigenvalue weighted by atomic mass is 32.2. The van der Waals surface area contributed by atoms with Gasteiger partial charge in [-0.05, 0) is 41.6 Å². The van der Waals surface area contributed by atoms with Gasteiger partial charge in [0.2, 0.25) is 11.8 Å². The molecule has 8 nitrogen and oxygen atoms in total. The summed E-state index contributed by atoms with van der Waals surface area (Å²) in [6.45, 7) is 1.63. The van der Waals surface area contributed by atoms with Gasteiger partial charge in [-0.3, -0.25) is 19.3 Å². The fourth-order valence-corrected chi connectivity index (χ4v) is 4.33. The standard InChI is InChI=1S/C25H29N5O3S/c1-28-13-21(12-27-28)14-29-15-22(33-18-20-7-9-26-10-8-20)16-30(17-25(29)32)24(31)11-19-3-5-23(34-2)6-4-19/h3-10,12-13,22H,11,14-18H2,1-2H3/t22-/m1/s1. The quantitative estimate of drug-likeness (QED) is 0.462. The van der Waals surface area contributed by atoms with E-state index >= 15 is 0 Å². The summed E-state index contributed by atoms with van der Waals surface area (Å²) in [7, 11) is 1.85. The number of ether oxygens (including phenoxy) is 1. The molecule has 1 saturated heterocycles. The minimum atomic E-state index is -0.306. The number of pyridine rings is 1. The second-order valence-corrected chi connectivity index (χ2v) is 9.26. The van der Waals surface area contributed by atoms with Gasteiger partial charge in [-0.1, -0.05) is 12.1 Å². The normalized spacial score (nSPS) is 16.5. The van der Waals surface area contributed by atoms with E-state index in [9.17, 15) is 9.59 Å². The Balaban J connectivity index is 1.48. The van der Waals surface area contributed by atoms with E-state index in [1.54, 1.807) is 44.8 Å². The zero-order valence-corrected chi connectivity index (χ0v) is 20.3. The second-order valence-electron chi connectivity index (χ2n) is 8.38. The molecule has 178 valence electrons. The average Bonchev–Trinajstić information content (AvgIpc) is 3.19. The number of thioether (sulfide) groups is 1. The van der Waals surface area contributed by atoms with Crippen molar-refractivity contribution in [1.29, 1.82) is 0 Å². The van der Waals surface area contributed by atoms with Crippen molar-refractivity contribution in [3.63, 3.8) is 0 Å². The van der Waals surface area contributed by atoms with E-state index in [1.807, 2.05) is 55.9 Å². The molecular formula is C25H29N5O3S. The molecule has 0 aliphatic carbocycles. The van der Waals surface area contributed by atoms with Crippen molar-refractivity contribution in [2.75, 3.05) is 25.9 Å². The van der Waals surface area contributed by atoms with Crippen molar-refractivity contribution in [1.82, 2.24) is 24.6 Å². The molecule has 3 heterocycles. The number of hydrogen-bond donors (Lipinski definition) is 0. The molecule has 4 rings (SSSR count). The molecule has 2 amide bonds. The summed E-state index contributed by atoms with van der Waals surface area (Å²) in [5.74, 6) is -0.170. The first-order chi connectivity index (χ1) is 16.5. The molecule has 1 fully saturated rings. The number of rotatable bonds is 8. The molecule has 2 aromatic heterocycles. The lowest BCUT2D eigenvalue weighted by molar-refractivity contribution is -0.138. The molecule has 0 unspecified atom stereocenters. The Bertz CT molecular complexity index is 1100. The van der Waals surface area contributed by atoms with Crippen LogP contribution in [0, 0.1) is 0 Å². The number of aryl methyl sites for hydroxylation is 1. The van der Waals surface area contributed by atoms with Crippen LogP contribution in [0.3, 0.4) is 0 Å². The number of hydrogen-bond acceptors (Lipinski definition) is 6. The van der Waals surface area contributed by atoms with Gasteiger partial charge < -0.3 is 14.5 Å². The average molecular weight is 480 g/mol. The molecule has 1 aromatic carbocycles. The lowest BCUT2D eigenvalue weighted by Gasteiger charge is -2.24. The first kappa shape index (κ1) is 24.0. The largest absolute Gasteiger partial charge is 0.370 e. The third-order valence-electron chi connectivity index (χ3n) is 5.76. The number of nitrogens with zero attached hydrogens (tertiary/aromatic N) is 5. The Labute approximate surface area is 203 Å². The zero-order valence-electron chi connectivity index (χ0n) is 19.5. The van der Waals surface area contributed by atoms with E-state index < -0.39 is 0 Å². The smallest absolute Gasteiger partial charge is 0.242 e. The SMILES string of the molecule is CSc1ccc(CC(=O)N2CC(=O)N(Cc3cnn(C)c3)C[C@@H](OCc3ccncc3)C2)cc1. The van der Waals surface area contributed by atoms with E-state index in [1.165, 1.54) is 0 Å². The topological polar surface area (TPSA) is 80.6 Å². The molecule has 9 heteroatoms. The van der Waals surface area contributed by atoms with Gasteiger partial charge in [0.05, 0.1) is 31.9 Å². The highest BCUT2D eigenvalue weighted by Gasteiger charge is 2.31. The van der Waals surface area contributed by atoms with Crippen molar-refractivity contribution in [2.45, 2.75) is 30.6 Å². The molecule has 3 aromatic rings. The Morgan fingerprint density at radius 2 is 1.85 bits per heavy atom. The summed E-state index contributed by atoms with van der Waals surface area (Å²) in [4.78, 5) is 34.9. The van der Waals surface area contributed by atoms with Gasteiger partial charge in [0.25, 0.3) is 0 Å². The predicted molar refractivity (Wildman–Crippen MR) is 130 cm³/mol. The van der Waals surface area contributed by atoms with Gasteiger partial charge in [0.1, 0.15) is 0 Å². The minimum absolute atomic E-state index is 0.0388. The van der Waals surface area contributed by atoms with Crippen LogP contribution < -0.4 is 0 Å². The molecule has 0 saturated carbocycles. The number of carbonyl (C=O) groups is 2. The lowest BCUT2D eigenvalue weighted by atomic mass is 10.1. The van der Waals surface area contributed by atoms with Crippen LogP contribution in [0.1, 0.15) is 16.7 Å². The summed E-state index contributed by atoms with van der Waals surface area (Å²) in [6.07, 6.45) is 9.07. The van der Waals surface area contributed by atoms with Gasteiger partial charge in [-0.2, -0.15) is 5.10 Å². The van der Waals surface area contributed by atoms with Gasteiger partial charge in [-0.25, -0.2) is 0 Å². The van der Waals surface area contributed by atoms with Crippen molar-refractivity contribution >= 4 is 23.6 Å². The molecule has 1 aliphatic rings. The summed E-state index contributed by atoms with van der Waals surface area (Å²) in [5, 5.41) is 4.20. The van der Waals surface area contributed by atoms with Crippen LogP contribution in [0.15, 0.2) is 66.1 Å². The van der Waals surface area contributed by atoms with Crippen molar-refractivity contribution in [3.8, 4) is 0 Å². The third kappa shape index (κ3) is 6.45. The number of aromatic nitrogens is 3. The van der Waals surface area contributed by atoms with E-state index in [4.69, 9.17) is 4.74 Å². The minimum Gasteiger partial charge on any atom is -0.370 e. The van der Waals surface area contributed by atoms with E-state index in [0.717, 1.165) is 21.6 Å². The number of amides is 2. The Hall–Kier alpha value is -3.17. The van der Waals surface area contributed by atoms with Gasteiger partial charge in [0, 0.05) is 55.7 Å². The summed E-state index contributed by atoms with van der Waals surface area (Å²) in [5.41, 5.74) is 2.87. The van der Waals surface area contributed by atoms with Crippen LogP contribution in [0.4, 0.5) is 0 Å². The van der Waals surface area contributed by atoms with Crippen LogP contribution in [0.5, 0.6) is 0 Å². The zero-order chi connectivity index (χ0) is 23.9. The van der Waals surface area contributed by atoms with Gasteiger partial charge in [0.15, 0.2) is 0 Å². The predicted octanol–water partition coefficient (Wildman–Crippen LogP) is 2.54. The van der Waals surface area contributed by atoms with Crippen molar-refractivity contribution in [2.24, 2.45) is 7.05 Å². The highest BCUT2D eigenvalue weighted by molar-refractivity contribution is 7.98. The first-order valence-electron chi connectivity index (χ1n) is 11.2. The summed E-state index contributed by atoms with van der Waals surface area (Å²) in [6, 6.07) is 11.8. The molecule has 1 atom stereocenters. The highest BCUT2D eigenvalue weighted by Crippen LogP contribution is 2.18. The molecule has 34 heavy (non-hydrogen) atoms. The van der Waals surface area contributed by atoms with Crippen molar-refractivity contribution in [3.05, 3.63) is 77.9 Å². The third-order valence-corrected chi connectivity index (χ3v) is 6.50. The maximum Gasteiger partial charge on any atom is 0.242 e. The lowest BCUT2D eigenvalue weighted by Crippen LogP contribution is -2.40. The summed E-state index contributed by atoms with van der Waals surface area (Å²) >= 11 is 1.66. The second kappa shape index (κ2) is 11.3. The van der Waals surface area contributed by atoms with E-state index in [0.29, 0.717) is 26.2 Å². The van der Waals surface area contributed by atoms with Gasteiger partial charge >= 0.3 is 0 Å². The van der Waals surface area contributed by atoms with Crippen LogP contribution in [-0.4, -0.2) is 68.4 Å². The molecule has 0 N–H and O–H groups in total. The maximum absolute atomic E-state index is 13.2. The molecule has 0 radical (unpaired) electrons. The Morgan fingerprint density at radius 3 is 2.53 bits per heavy atom. The van der Waals surface area contributed by atoms with Crippen molar-refractivity contribution < 1.29 is 14.3 Å².